The Balaban J connectivity index is -0.000000422. The summed E-state index contributed by atoms with van der Waals surface area (Å²) in [6, 6.07) is 6.07. The van der Waals surface area contributed by atoms with Crippen molar-refractivity contribution in [1.29, 1.82) is 0 Å². The molecule has 136 valence electrons. The molecule has 1 aromatic heterocycles. The molecule has 7 nitrogen and oxygen atoms in total. The van der Waals surface area contributed by atoms with Crippen molar-refractivity contribution < 1.29 is 4.92 Å². The Morgan fingerprint density at radius 2 is 1.58 bits per heavy atom. The maximum absolute atomic E-state index is 10.4. The highest BCUT2D eigenvalue weighted by Crippen LogP contribution is 2.16. The Hall–Kier alpha value is -2.41. The van der Waals surface area contributed by atoms with Crippen molar-refractivity contribution >= 4 is 24.0 Å². The topological polar surface area (TPSA) is 99.3 Å². The van der Waals surface area contributed by atoms with Gasteiger partial charge in [-0.3, -0.25) is 10.1 Å². The average Bonchev–Trinajstić information content (AvgIpc) is 3.07. The lowest BCUT2D eigenvalue weighted by Crippen LogP contribution is -1.94. The predicted molar refractivity (Wildman–Crippen MR) is 103 cm³/mol. The molecule has 1 heterocycles. The van der Waals surface area contributed by atoms with Crippen LogP contribution in [0.15, 0.2) is 41.8 Å². The lowest BCUT2D eigenvalue weighted by Gasteiger charge is -1.99. The van der Waals surface area contributed by atoms with Gasteiger partial charge in [-0.15, -0.1) is 0 Å². The fraction of sp³-hybridized carbons (Fsp3) is 0.375. The SMILES string of the molecule is C=NN.CC.CC.CC.O=[N+]([O-])c1ccc(-n2cc(Cl)cn2)cc1. The van der Waals surface area contributed by atoms with E-state index in [1.54, 1.807) is 23.0 Å². The molecule has 8 heteroatoms. The van der Waals surface area contributed by atoms with Crippen LogP contribution in [0.5, 0.6) is 0 Å². The third kappa shape index (κ3) is 11.2. The number of halogens is 1. The molecule has 1 aromatic carbocycles. The highest BCUT2D eigenvalue weighted by Gasteiger charge is 2.05. The molecule has 0 radical (unpaired) electrons. The average molecular weight is 358 g/mol. The number of nitro benzene ring substituents is 1. The van der Waals surface area contributed by atoms with E-state index >= 15 is 0 Å². The van der Waals surface area contributed by atoms with Crippen LogP contribution in [0, 0.1) is 10.1 Å². The summed E-state index contributed by atoms with van der Waals surface area (Å²) in [5, 5.41) is 17.7. The highest BCUT2D eigenvalue weighted by atomic mass is 35.5. The zero-order valence-electron chi connectivity index (χ0n) is 15.2. The normalized spacial score (nSPS) is 7.62. The standard InChI is InChI=1S/C9H6ClN3O2.3C2H6.CH4N2/c10-7-5-11-12(6-7)8-1-3-9(4-2-8)13(14)15;3*1-2;1-3-2/h1-6H;3*1-2H3;1-2H2. The number of hydrogen-bond donors (Lipinski definition) is 1. The van der Waals surface area contributed by atoms with Crippen LogP contribution in [0.25, 0.3) is 5.69 Å². The molecule has 0 atom stereocenters. The van der Waals surface area contributed by atoms with E-state index in [9.17, 15) is 10.1 Å². The molecular formula is C16H28ClN5O2. The van der Waals surface area contributed by atoms with Gasteiger partial charge in [-0.1, -0.05) is 53.1 Å². The number of aromatic nitrogens is 2. The molecule has 0 aliphatic rings. The number of hydrazone groups is 1. The van der Waals surface area contributed by atoms with Crippen molar-refractivity contribution in [3.63, 3.8) is 0 Å². The quantitative estimate of drug-likeness (QED) is 0.351. The minimum atomic E-state index is -0.445. The van der Waals surface area contributed by atoms with Crippen LogP contribution in [-0.4, -0.2) is 21.4 Å². The lowest BCUT2D eigenvalue weighted by molar-refractivity contribution is -0.384. The third-order valence-corrected chi connectivity index (χ3v) is 2.07. The number of benzene rings is 1. The van der Waals surface area contributed by atoms with Crippen LogP contribution in [0.4, 0.5) is 5.69 Å². The summed E-state index contributed by atoms with van der Waals surface area (Å²) in [6.45, 7) is 14.9. The Labute approximate surface area is 149 Å². The maximum Gasteiger partial charge on any atom is 0.269 e. The molecule has 0 saturated carbocycles. The van der Waals surface area contributed by atoms with Gasteiger partial charge in [-0.05, 0) is 12.1 Å². The van der Waals surface area contributed by atoms with Crippen molar-refractivity contribution in [2.24, 2.45) is 10.9 Å². The van der Waals surface area contributed by atoms with Crippen molar-refractivity contribution in [2.45, 2.75) is 41.5 Å². The van der Waals surface area contributed by atoms with Gasteiger partial charge in [0.25, 0.3) is 5.69 Å². The van der Waals surface area contributed by atoms with Crippen molar-refractivity contribution in [1.82, 2.24) is 9.78 Å². The van der Waals surface area contributed by atoms with E-state index in [0.717, 1.165) is 5.69 Å². The van der Waals surface area contributed by atoms with Gasteiger partial charge in [0.2, 0.25) is 0 Å². The zero-order chi connectivity index (χ0) is 19.5. The van der Waals surface area contributed by atoms with E-state index < -0.39 is 4.92 Å². The fourth-order valence-electron chi connectivity index (χ4n) is 1.17. The smallest absolute Gasteiger partial charge is 0.269 e. The molecule has 0 unspecified atom stereocenters. The fourth-order valence-corrected chi connectivity index (χ4v) is 1.31. The number of nitrogens with two attached hydrogens (primary N) is 1. The monoisotopic (exact) mass is 357 g/mol. The lowest BCUT2D eigenvalue weighted by atomic mass is 10.3. The second-order valence-electron chi connectivity index (χ2n) is 3.06. The van der Waals surface area contributed by atoms with Crippen molar-refractivity contribution in [3.05, 3.63) is 51.8 Å². The summed E-state index contributed by atoms with van der Waals surface area (Å²) in [4.78, 5) is 9.97. The van der Waals surface area contributed by atoms with Crippen LogP contribution in [-0.2, 0) is 0 Å². The molecule has 0 aliphatic carbocycles. The van der Waals surface area contributed by atoms with Gasteiger partial charge >= 0.3 is 0 Å². The Kier molecular flexibility index (Phi) is 20.6. The van der Waals surface area contributed by atoms with Gasteiger partial charge < -0.3 is 5.84 Å². The first-order valence-corrected chi connectivity index (χ1v) is 8.07. The first-order chi connectivity index (χ1) is 11.6. The Bertz CT molecular complexity index is 542. The molecule has 0 spiro atoms. The molecule has 2 rings (SSSR count). The third-order valence-electron chi connectivity index (χ3n) is 1.88. The second-order valence-corrected chi connectivity index (χ2v) is 3.50. The summed E-state index contributed by atoms with van der Waals surface area (Å²) in [5.41, 5.74) is 0.782. The minimum absolute atomic E-state index is 0.0528. The molecule has 0 bridgehead atoms. The summed E-state index contributed by atoms with van der Waals surface area (Å²) in [7, 11) is 0. The number of nitrogens with zero attached hydrogens (tertiary/aromatic N) is 4. The van der Waals surface area contributed by atoms with Crippen LogP contribution < -0.4 is 5.84 Å². The van der Waals surface area contributed by atoms with E-state index in [-0.39, 0.29) is 5.69 Å². The molecule has 2 aromatic rings. The Morgan fingerprint density at radius 1 is 1.17 bits per heavy atom. The van der Waals surface area contributed by atoms with Gasteiger partial charge in [-0.25, -0.2) is 4.68 Å². The van der Waals surface area contributed by atoms with Crippen LogP contribution in [0.3, 0.4) is 0 Å². The summed E-state index contributed by atoms with van der Waals surface area (Å²) < 4.78 is 1.55. The van der Waals surface area contributed by atoms with E-state index in [0.29, 0.717) is 5.02 Å². The molecule has 24 heavy (non-hydrogen) atoms. The molecule has 0 fully saturated rings. The summed E-state index contributed by atoms with van der Waals surface area (Å²) >= 11 is 5.70. The van der Waals surface area contributed by atoms with Crippen LogP contribution in [0.1, 0.15) is 41.5 Å². The molecule has 0 saturated heterocycles. The number of rotatable bonds is 2. The van der Waals surface area contributed by atoms with Gasteiger partial charge in [0.1, 0.15) is 0 Å². The van der Waals surface area contributed by atoms with Crippen molar-refractivity contribution in [3.8, 4) is 5.69 Å². The van der Waals surface area contributed by atoms with E-state index in [4.69, 9.17) is 11.6 Å². The Morgan fingerprint density at radius 3 is 1.88 bits per heavy atom. The number of hydrogen-bond acceptors (Lipinski definition) is 5. The van der Waals surface area contributed by atoms with Gasteiger partial charge in [-0.2, -0.15) is 10.2 Å². The summed E-state index contributed by atoms with van der Waals surface area (Å²) in [5.74, 6) is 4.36. The molecule has 2 N–H and O–H groups in total. The van der Waals surface area contributed by atoms with Crippen LogP contribution >= 0.6 is 11.6 Å². The largest absolute Gasteiger partial charge is 0.324 e. The molecular weight excluding hydrogens is 330 g/mol. The maximum atomic E-state index is 10.4. The number of non-ortho nitro benzene ring substituents is 1. The second kappa shape index (κ2) is 18.6. The molecule has 0 amide bonds. The summed E-state index contributed by atoms with van der Waals surface area (Å²) in [6.07, 6.45) is 3.13. The van der Waals surface area contributed by atoms with Crippen LogP contribution in [0.2, 0.25) is 5.02 Å². The molecule has 0 aliphatic heterocycles. The first-order valence-electron chi connectivity index (χ1n) is 7.69. The van der Waals surface area contributed by atoms with Crippen molar-refractivity contribution in [2.75, 3.05) is 0 Å². The predicted octanol–water partition coefficient (Wildman–Crippen LogP) is 5.07. The zero-order valence-corrected chi connectivity index (χ0v) is 16.0. The van der Waals surface area contributed by atoms with E-state index in [1.807, 2.05) is 41.5 Å². The van der Waals surface area contributed by atoms with E-state index in [1.165, 1.54) is 18.3 Å². The minimum Gasteiger partial charge on any atom is -0.324 e. The van der Waals surface area contributed by atoms with Gasteiger partial charge in [0.15, 0.2) is 0 Å². The van der Waals surface area contributed by atoms with Gasteiger partial charge in [0, 0.05) is 25.0 Å². The first kappa shape index (κ1) is 26.5. The highest BCUT2D eigenvalue weighted by molar-refractivity contribution is 6.30. The van der Waals surface area contributed by atoms with Gasteiger partial charge in [0.05, 0.1) is 21.8 Å². The van der Waals surface area contributed by atoms with E-state index in [2.05, 4.69) is 22.8 Å². The number of nitro groups is 1.